The lowest BCUT2D eigenvalue weighted by Gasteiger charge is -2.19. The molecule has 2 aliphatic rings. The third-order valence-corrected chi connectivity index (χ3v) is 3.38. The van der Waals surface area contributed by atoms with Gasteiger partial charge in [-0.15, -0.1) is 0 Å². The number of hydrogen-bond donors (Lipinski definition) is 1. The standard InChI is InChI=1S/C15H17NO5/c1-9(21-15(18)10-2-3-10)14(17)16-11-4-5-12-13(8-11)20-7-6-19-12/h4-5,8-10H,2-3,6-7H2,1H3,(H,16,17)/t9-/m0/s1. The van der Waals surface area contributed by atoms with Crippen LogP contribution < -0.4 is 14.8 Å². The van der Waals surface area contributed by atoms with E-state index in [0.717, 1.165) is 12.8 Å². The van der Waals surface area contributed by atoms with Crippen molar-refractivity contribution in [3.63, 3.8) is 0 Å². The molecule has 1 aliphatic heterocycles. The van der Waals surface area contributed by atoms with Gasteiger partial charge in [0, 0.05) is 11.8 Å². The normalized spacial score (nSPS) is 17.8. The SMILES string of the molecule is C[C@H](OC(=O)C1CC1)C(=O)Nc1ccc2c(c1)OCCO2. The third-order valence-electron chi connectivity index (χ3n) is 3.38. The topological polar surface area (TPSA) is 73.9 Å². The van der Waals surface area contributed by atoms with Crippen molar-refractivity contribution in [1.29, 1.82) is 0 Å². The van der Waals surface area contributed by atoms with Crippen LogP contribution in [0.15, 0.2) is 18.2 Å². The average Bonchev–Trinajstić information content (AvgIpc) is 3.31. The minimum atomic E-state index is -0.814. The molecule has 0 aromatic heterocycles. The maximum Gasteiger partial charge on any atom is 0.309 e. The van der Waals surface area contributed by atoms with Crippen molar-refractivity contribution >= 4 is 17.6 Å². The van der Waals surface area contributed by atoms with E-state index in [1.165, 1.54) is 0 Å². The van der Waals surface area contributed by atoms with Crippen molar-refractivity contribution in [2.24, 2.45) is 5.92 Å². The van der Waals surface area contributed by atoms with E-state index in [0.29, 0.717) is 30.4 Å². The smallest absolute Gasteiger partial charge is 0.309 e. The van der Waals surface area contributed by atoms with E-state index in [1.54, 1.807) is 25.1 Å². The fourth-order valence-electron chi connectivity index (χ4n) is 2.01. The molecular formula is C15H17NO5. The molecule has 112 valence electrons. The number of ether oxygens (including phenoxy) is 3. The highest BCUT2D eigenvalue weighted by molar-refractivity contribution is 5.95. The van der Waals surface area contributed by atoms with Gasteiger partial charge in [0.25, 0.3) is 5.91 Å². The van der Waals surface area contributed by atoms with Crippen LogP contribution in [0.5, 0.6) is 11.5 Å². The van der Waals surface area contributed by atoms with Crippen molar-refractivity contribution in [1.82, 2.24) is 0 Å². The number of carbonyl (C=O) groups is 2. The van der Waals surface area contributed by atoms with Gasteiger partial charge in [-0.2, -0.15) is 0 Å². The minimum absolute atomic E-state index is 0.0189. The fourth-order valence-corrected chi connectivity index (χ4v) is 2.01. The van der Waals surface area contributed by atoms with Crippen LogP contribution in [0.1, 0.15) is 19.8 Å². The van der Waals surface area contributed by atoms with Crippen molar-refractivity contribution < 1.29 is 23.8 Å². The largest absolute Gasteiger partial charge is 0.486 e. The van der Waals surface area contributed by atoms with Gasteiger partial charge >= 0.3 is 5.97 Å². The molecule has 3 rings (SSSR count). The maximum absolute atomic E-state index is 12.0. The molecule has 1 fully saturated rings. The number of anilines is 1. The van der Waals surface area contributed by atoms with Gasteiger partial charge < -0.3 is 19.5 Å². The van der Waals surface area contributed by atoms with Crippen LogP contribution in [-0.4, -0.2) is 31.2 Å². The molecule has 21 heavy (non-hydrogen) atoms. The summed E-state index contributed by atoms with van der Waals surface area (Å²) in [5.74, 6) is 0.587. The highest BCUT2D eigenvalue weighted by Gasteiger charge is 2.33. The summed E-state index contributed by atoms with van der Waals surface area (Å²) in [6.45, 7) is 2.57. The Bertz CT molecular complexity index is 567. The molecule has 0 saturated heterocycles. The van der Waals surface area contributed by atoms with Gasteiger partial charge in [-0.3, -0.25) is 9.59 Å². The number of carbonyl (C=O) groups excluding carboxylic acids is 2. The highest BCUT2D eigenvalue weighted by Crippen LogP contribution is 2.33. The molecule has 0 radical (unpaired) electrons. The van der Waals surface area contributed by atoms with Gasteiger partial charge in [-0.1, -0.05) is 0 Å². The lowest BCUT2D eigenvalue weighted by molar-refractivity contribution is -0.154. The van der Waals surface area contributed by atoms with Crippen molar-refractivity contribution in [3.05, 3.63) is 18.2 Å². The summed E-state index contributed by atoms with van der Waals surface area (Å²) in [6, 6.07) is 5.16. The summed E-state index contributed by atoms with van der Waals surface area (Å²) in [5.41, 5.74) is 0.582. The Morgan fingerprint density at radius 2 is 1.95 bits per heavy atom. The van der Waals surface area contributed by atoms with E-state index in [9.17, 15) is 9.59 Å². The number of benzene rings is 1. The van der Waals surface area contributed by atoms with Gasteiger partial charge in [0.1, 0.15) is 13.2 Å². The first kappa shape index (κ1) is 13.7. The van der Waals surface area contributed by atoms with Crippen molar-refractivity contribution in [3.8, 4) is 11.5 Å². The number of amides is 1. The van der Waals surface area contributed by atoms with E-state index in [-0.39, 0.29) is 17.8 Å². The first-order valence-corrected chi connectivity index (χ1v) is 7.04. The summed E-state index contributed by atoms with van der Waals surface area (Å²) in [7, 11) is 0. The zero-order valence-electron chi connectivity index (χ0n) is 11.8. The Morgan fingerprint density at radius 1 is 1.24 bits per heavy atom. The van der Waals surface area contributed by atoms with E-state index >= 15 is 0 Å². The lowest BCUT2D eigenvalue weighted by Crippen LogP contribution is -2.30. The molecule has 1 N–H and O–H groups in total. The maximum atomic E-state index is 12.0. The Kier molecular flexibility index (Phi) is 3.68. The Balaban J connectivity index is 1.59. The summed E-state index contributed by atoms with van der Waals surface area (Å²) in [6.07, 6.45) is 0.899. The molecule has 1 aromatic rings. The highest BCUT2D eigenvalue weighted by atomic mass is 16.6. The number of rotatable bonds is 4. The summed E-state index contributed by atoms with van der Waals surface area (Å²) < 4.78 is 16.0. The molecule has 6 heteroatoms. The van der Waals surface area contributed by atoms with Gasteiger partial charge in [0.15, 0.2) is 17.6 Å². The second-order valence-electron chi connectivity index (χ2n) is 5.20. The minimum Gasteiger partial charge on any atom is -0.486 e. The molecular weight excluding hydrogens is 274 g/mol. The summed E-state index contributed by atoms with van der Waals surface area (Å²) >= 11 is 0. The van der Waals surface area contributed by atoms with Crippen LogP contribution in [0.2, 0.25) is 0 Å². The molecule has 0 bridgehead atoms. The molecule has 6 nitrogen and oxygen atoms in total. The van der Waals surface area contributed by atoms with Gasteiger partial charge in [-0.05, 0) is 31.9 Å². The molecule has 1 heterocycles. The zero-order chi connectivity index (χ0) is 14.8. The van der Waals surface area contributed by atoms with E-state index in [1.807, 2.05) is 0 Å². The predicted octanol–water partition coefficient (Wildman–Crippen LogP) is 1.74. The number of esters is 1. The zero-order valence-corrected chi connectivity index (χ0v) is 11.8. The lowest BCUT2D eigenvalue weighted by atomic mass is 10.2. The van der Waals surface area contributed by atoms with E-state index in [2.05, 4.69) is 5.32 Å². The van der Waals surface area contributed by atoms with Crippen LogP contribution in [0.25, 0.3) is 0 Å². The molecule has 1 amide bonds. The van der Waals surface area contributed by atoms with Crippen LogP contribution in [-0.2, 0) is 14.3 Å². The fraction of sp³-hybridized carbons (Fsp3) is 0.467. The quantitative estimate of drug-likeness (QED) is 0.855. The Labute approximate surface area is 122 Å². The molecule has 1 atom stereocenters. The predicted molar refractivity (Wildman–Crippen MR) is 74.3 cm³/mol. The Hall–Kier alpha value is -2.24. The molecule has 1 saturated carbocycles. The number of fused-ring (bicyclic) bond motifs is 1. The van der Waals surface area contributed by atoms with Crippen LogP contribution in [0, 0.1) is 5.92 Å². The summed E-state index contributed by atoms with van der Waals surface area (Å²) in [5, 5.41) is 2.70. The average molecular weight is 291 g/mol. The molecule has 0 unspecified atom stereocenters. The van der Waals surface area contributed by atoms with E-state index in [4.69, 9.17) is 14.2 Å². The van der Waals surface area contributed by atoms with Crippen molar-refractivity contribution in [2.75, 3.05) is 18.5 Å². The number of nitrogens with one attached hydrogen (secondary N) is 1. The first-order chi connectivity index (χ1) is 10.1. The molecule has 1 aromatic carbocycles. The van der Waals surface area contributed by atoms with E-state index < -0.39 is 6.10 Å². The molecule has 1 aliphatic carbocycles. The monoisotopic (exact) mass is 291 g/mol. The summed E-state index contributed by atoms with van der Waals surface area (Å²) in [4.78, 5) is 23.5. The van der Waals surface area contributed by atoms with Gasteiger partial charge in [0.2, 0.25) is 0 Å². The molecule has 0 spiro atoms. The van der Waals surface area contributed by atoms with Crippen LogP contribution >= 0.6 is 0 Å². The van der Waals surface area contributed by atoms with Crippen LogP contribution in [0.3, 0.4) is 0 Å². The Morgan fingerprint density at radius 3 is 2.67 bits per heavy atom. The van der Waals surface area contributed by atoms with Gasteiger partial charge in [-0.25, -0.2) is 0 Å². The second-order valence-corrected chi connectivity index (χ2v) is 5.20. The van der Waals surface area contributed by atoms with Gasteiger partial charge in [0.05, 0.1) is 5.92 Å². The first-order valence-electron chi connectivity index (χ1n) is 7.04. The second kappa shape index (κ2) is 5.63. The number of hydrogen-bond acceptors (Lipinski definition) is 5. The van der Waals surface area contributed by atoms with Crippen molar-refractivity contribution in [2.45, 2.75) is 25.9 Å². The third kappa shape index (κ3) is 3.26. The van der Waals surface area contributed by atoms with Crippen LogP contribution in [0.4, 0.5) is 5.69 Å².